The van der Waals surface area contributed by atoms with Crippen molar-refractivity contribution in [1.82, 2.24) is 9.97 Å². The van der Waals surface area contributed by atoms with Crippen molar-refractivity contribution in [2.24, 2.45) is 0 Å². The molecule has 0 aliphatic heterocycles. The van der Waals surface area contributed by atoms with Crippen LogP contribution in [0.3, 0.4) is 0 Å². The molecule has 0 aliphatic carbocycles. The van der Waals surface area contributed by atoms with Crippen LogP contribution in [0.2, 0.25) is 0 Å². The zero-order chi connectivity index (χ0) is 19.5. The molecule has 0 bridgehead atoms. The van der Waals surface area contributed by atoms with Gasteiger partial charge in [0.2, 0.25) is 0 Å². The number of ether oxygens (including phenoxy) is 1. The number of fused-ring (bicyclic) bond motifs is 1. The minimum Gasteiger partial charge on any atom is -0.497 e. The van der Waals surface area contributed by atoms with E-state index in [0.717, 1.165) is 26.4 Å². The van der Waals surface area contributed by atoms with E-state index in [1.165, 1.54) is 41.6 Å². The lowest BCUT2D eigenvalue weighted by Crippen LogP contribution is -2.03. The predicted octanol–water partition coefficient (Wildman–Crippen LogP) is 5.48. The Morgan fingerprint density at radius 2 is 2.00 bits per heavy atom. The maximum Gasteiger partial charge on any atom is 0.173 e. The highest BCUT2D eigenvalue weighted by Crippen LogP contribution is 2.38. The molecule has 4 aromatic rings. The van der Waals surface area contributed by atoms with Gasteiger partial charge in [-0.3, -0.25) is 4.79 Å². The minimum atomic E-state index is -0.280. The number of halogens is 1. The maximum absolute atomic E-state index is 13.3. The summed E-state index contributed by atoms with van der Waals surface area (Å²) in [6, 6.07) is 13.4. The maximum atomic E-state index is 13.3. The SMILES string of the molecule is COc1cccc(C(=O)CSc2ncnc3scc(-c4ccc(F)cc4)c23)c1. The lowest BCUT2D eigenvalue weighted by atomic mass is 10.1. The van der Waals surface area contributed by atoms with E-state index in [1.807, 2.05) is 5.38 Å². The summed E-state index contributed by atoms with van der Waals surface area (Å²) in [6.07, 6.45) is 1.51. The molecule has 0 atom stereocenters. The molecule has 7 heteroatoms. The number of carbonyl (C=O) groups is 1. The molecule has 140 valence electrons. The van der Waals surface area contributed by atoms with Crippen molar-refractivity contribution in [1.29, 1.82) is 0 Å². The summed E-state index contributed by atoms with van der Waals surface area (Å²) in [5.74, 6) is 0.613. The molecule has 0 unspecified atom stereocenters. The molecule has 2 aromatic heterocycles. The normalized spacial score (nSPS) is 10.9. The van der Waals surface area contributed by atoms with Gasteiger partial charge in [-0.15, -0.1) is 11.3 Å². The molecule has 0 amide bonds. The summed E-state index contributed by atoms with van der Waals surface area (Å²) in [4.78, 5) is 22.2. The molecule has 0 spiro atoms. The minimum absolute atomic E-state index is 0.00535. The number of thioether (sulfide) groups is 1. The first-order valence-electron chi connectivity index (χ1n) is 8.44. The molecular weight excluding hydrogens is 395 g/mol. The second-order valence-electron chi connectivity index (χ2n) is 5.96. The molecule has 0 N–H and O–H groups in total. The Morgan fingerprint density at radius 3 is 2.79 bits per heavy atom. The fourth-order valence-corrected chi connectivity index (χ4v) is 4.70. The van der Waals surface area contributed by atoms with E-state index < -0.39 is 0 Å². The standard InChI is InChI=1S/C21H15FN2O2S2/c1-26-16-4-2-3-14(9-16)18(25)11-28-21-19-17(10-27-20(19)23-12-24-21)13-5-7-15(22)8-6-13/h2-10,12H,11H2,1H3. The van der Waals surface area contributed by atoms with Gasteiger partial charge in [0, 0.05) is 16.5 Å². The smallest absolute Gasteiger partial charge is 0.173 e. The number of carbonyl (C=O) groups excluding carboxylic acids is 1. The molecule has 0 saturated heterocycles. The lowest BCUT2D eigenvalue weighted by Gasteiger charge is -2.06. The van der Waals surface area contributed by atoms with E-state index in [9.17, 15) is 9.18 Å². The van der Waals surface area contributed by atoms with Crippen molar-refractivity contribution in [2.75, 3.05) is 12.9 Å². The van der Waals surface area contributed by atoms with Gasteiger partial charge in [-0.1, -0.05) is 36.0 Å². The van der Waals surface area contributed by atoms with Crippen molar-refractivity contribution in [2.45, 2.75) is 5.03 Å². The van der Waals surface area contributed by atoms with Gasteiger partial charge in [-0.2, -0.15) is 0 Å². The van der Waals surface area contributed by atoms with Crippen LogP contribution in [0.25, 0.3) is 21.3 Å². The van der Waals surface area contributed by atoms with Crippen LogP contribution in [-0.4, -0.2) is 28.6 Å². The molecule has 0 aliphatic rings. The van der Waals surface area contributed by atoms with Crippen LogP contribution in [-0.2, 0) is 0 Å². The second kappa shape index (κ2) is 8.08. The van der Waals surface area contributed by atoms with Crippen LogP contribution in [0.5, 0.6) is 5.75 Å². The zero-order valence-corrected chi connectivity index (χ0v) is 16.5. The first-order chi connectivity index (χ1) is 13.7. The van der Waals surface area contributed by atoms with Gasteiger partial charge < -0.3 is 4.74 Å². The largest absolute Gasteiger partial charge is 0.497 e. The highest BCUT2D eigenvalue weighted by Gasteiger charge is 2.15. The summed E-state index contributed by atoms with van der Waals surface area (Å²) in [7, 11) is 1.57. The quantitative estimate of drug-likeness (QED) is 0.239. The first-order valence-corrected chi connectivity index (χ1v) is 10.3. The summed E-state index contributed by atoms with van der Waals surface area (Å²) in [5.41, 5.74) is 2.43. The highest BCUT2D eigenvalue weighted by atomic mass is 32.2. The molecular formula is C21H15FN2O2S2. The van der Waals surface area contributed by atoms with Crippen molar-refractivity contribution in [3.05, 3.63) is 71.6 Å². The van der Waals surface area contributed by atoms with E-state index in [2.05, 4.69) is 9.97 Å². The number of hydrogen-bond donors (Lipinski definition) is 0. The predicted molar refractivity (Wildman–Crippen MR) is 111 cm³/mol. The topological polar surface area (TPSA) is 52.1 Å². The number of methoxy groups -OCH3 is 1. The highest BCUT2D eigenvalue weighted by molar-refractivity contribution is 8.00. The van der Waals surface area contributed by atoms with Crippen molar-refractivity contribution >= 4 is 39.1 Å². The van der Waals surface area contributed by atoms with Crippen LogP contribution in [0.1, 0.15) is 10.4 Å². The van der Waals surface area contributed by atoms with E-state index in [1.54, 1.807) is 43.5 Å². The molecule has 4 nitrogen and oxygen atoms in total. The van der Waals surface area contributed by atoms with Gasteiger partial charge in [-0.25, -0.2) is 14.4 Å². The van der Waals surface area contributed by atoms with Gasteiger partial charge in [0.25, 0.3) is 0 Å². The average molecular weight is 410 g/mol. The van der Waals surface area contributed by atoms with E-state index in [-0.39, 0.29) is 17.4 Å². The zero-order valence-electron chi connectivity index (χ0n) is 14.9. The second-order valence-corrected chi connectivity index (χ2v) is 7.78. The number of hydrogen-bond acceptors (Lipinski definition) is 6. The molecule has 2 heterocycles. The van der Waals surface area contributed by atoms with E-state index in [0.29, 0.717) is 11.3 Å². The Morgan fingerprint density at radius 1 is 1.18 bits per heavy atom. The number of benzene rings is 2. The number of Topliss-reactive ketones (excluding diaryl/α,β-unsaturated/α-hetero) is 1. The fraction of sp³-hybridized carbons (Fsp3) is 0.0952. The summed E-state index contributed by atoms with van der Waals surface area (Å²) >= 11 is 2.88. The third-order valence-corrected chi connectivity index (χ3v) is 6.10. The Hall–Kier alpha value is -2.77. The number of nitrogens with zero attached hydrogens (tertiary/aromatic N) is 2. The Kier molecular flexibility index (Phi) is 5.36. The third kappa shape index (κ3) is 3.76. The van der Waals surface area contributed by atoms with Crippen molar-refractivity contribution in [3.63, 3.8) is 0 Å². The lowest BCUT2D eigenvalue weighted by molar-refractivity contribution is 0.102. The molecule has 0 fully saturated rings. The summed E-state index contributed by atoms with van der Waals surface area (Å²) in [6.45, 7) is 0. The van der Waals surface area contributed by atoms with Crippen molar-refractivity contribution in [3.8, 4) is 16.9 Å². The monoisotopic (exact) mass is 410 g/mol. The van der Waals surface area contributed by atoms with Crippen LogP contribution >= 0.6 is 23.1 Å². The van der Waals surface area contributed by atoms with Crippen LogP contribution < -0.4 is 4.74 Å². The van der Waals surface area contributed by atoms with Gasteiger partial charge in [-0.05, 0) is 29.8 Å². The first kappa shape index (κ1) is 18.6. The Bertz CT molecular complexity index is 1140. The van der Waals surface area contributed by atoms with Crippen LogP contribution in [0.4, 0.5) is 4.39 Å². The molecule has 4 rings (SSSR count). The Balaban J connectivity index is 1.63. The van der Waals surface area contributed by atoms with E-state index in [4.69, 9.17) is 4.74 Å². The molecule has 0 saturated carbocycles. The van der Waals surface area contributed by atoms with Gasteiger partial charge >= 0.3 is 0 Å². The fourth-order valence-electron chi connectivity index (χ4n) is 2.81. The van der Waals surface area contributed by atoms with Gasteiger partial charge in [0.05, 0.1) is 18.2 Å². The molecule has 28 heavy (non-hydrogen) atoms. The van der Waals surface area contributed by atoms with Crippen LogP contribution in [0, 0.1) is 5.82 Å². The average Bonchev–Trinajstić information content (AvgIpc) is 3.17. The Labute approximate surface area is 169 Å². The number of rotatable bonds is 6. The van der Waals surface area contributed by atoms with Crippen molar-refractivity contribution < 1.29 is 13.9 Å². The number of thiophene rings is 1. The van der Waals surface area contributed by atoms with E-state index >= 15 is 0 Å². The molecule has 2 aromatic carbocycles. The third-order valence-electron chi connectivity index (χ3n) is 4.22. The number of ketones is 1. The summed E-state index contributed by atoms with van der Waals surface area (Å²) < 4.78 is 18.5. The summed E-state index contributed by atoms with van der Waals surface area (Å²) in [5, 5.41) is 3.62. The van der Waals surface area contributed by atoms with Gasteiger partial charge in [0.15, 0.2) is 5.78 Å². The van der Waals surface area contributed by atoms with Gasteiger partial charge in [0.1, 0.15) is 27.8 Å². The number of aromatic nitrogens is 2. The van der Waals surface area contributed by atoms with Crippen LogP contribution in [0.15, 0.2) is 65.3 Å². The molecule has 0 radical (unpaired) electrons.